The molecule has 2 rings (SSSR count). The molecule has 0 aromatic carbocycles. The first-order valence-electron chi connectivity index (χ1n) is 5.70. The van der Waals surface area contributed by atoms with E-state index in [1.54, 1.807) is 36.5 Å². The number of hydrogen-bond donors (Lipinski definition) is 2. The van der Waals surface area contributed by atoms with Crippen LogP contribution < -0.4 is 5.32 Å². The minimum Gasteiger partial charge on any atom is -0.389 e. The van der Waals surface area contributed by atoms with Gasteiger partial charge in [-0.05, 0) is 37.4 Å². The molecule has 1 unspecified atom stereocenters. The fourth-order valence-corrected chi connectivity index (χ4v) is 3.68. The lowest BCUT2D eigenvalue weighted by Gasteiger charge is -2.23. The van der Waals surface area contributed by atoms with Crippen molar-refractivity contribution in [3.63, 3.8) is 0 Å². The number of halogens is 1. The van der Waals surface area contributed by atoms with E-state index in [4.69, 9.17) is 11.6 Å². The van der Waals surface area contributed by atoms with E-state index in [1.807, 2.05) is 18.2 Å². The molecule has 1 atom stereocenters. The zero-order chi connectivity index (χ0) is 13.2. The highest BCUT2D eigenvalue weighted by Gasteiger charge is 2.20. The van der Waals surface area contributed by atoms with Gasteiger partial charge in [0, 0.05) is 16.3 Å². The Kier molecular flexibility index (Phi) is 4.45. The van der Waals surface area contributed by atoms with Gasteiger partial charge in [-0.15, -0.1) is 22.7 Å². The van der Waals surface area contributed by atoms with Gasteiger partial charge in [-0.25, -0.2) is 0 Å². The van der Waals surface area contributed by atoms with Crippen LogP contribution in [0.5, 0.6) is 0 Å². The molecule has 98 valence electrons. The van der Waals surface area contributed by atoms with Gasteiger partial charge in [0.15, 0.2) is 0 Å². The van der Waals surface area contributed by atoms with Crippen LogP contribution in [0.4, 0.5) is 0 Å². The molecule has 18 heavy (non-hydrogen) atoms. The fourth-order valence-electron chi connectivity index (χ4n) is 1.63. The zero-order valence-corrected chi connectivity index (χ0v) is 12.7. The van der Waals surface area contributed by atoms with Crippen LogP contribution in [0.3, 0.4) is 0 Å². The molecular weight excluding hydrogens is 286 g/mol. The summed E-state index contributed by atoms with van der Waals surface area (Å²) in [5, 5.41) is 15.3. The monoisotopic (exact) mass is 301 g/mol. The smallest absolute Gasteiger partial charge is 0.0931 e. The van der Waals surface area contributed by atoms with Crippen molar-refractivity contribution in [2.75, 3.05) is 6.54 Å². The first-order valence-corrected chi connectivity index (χ1v) is 7.77. The maximum atomic E-state index is 9.83. The average Bonchev–Trinajstić information content (AvgIpc) is 2.89. The molecule has 0 aliphatic carbocycles. The van der Waals surface area contributed by atoms with E-state index in [-0.39, 0.29) is 6.04 Å². The summed E-state index contributed by atoms with van der Waals surface area (Å²) in [6, 6.07) is 8.19. The Morgan fingerprint density at radius 3 is 2.61 bits per heavy atom. The Balaban J connectivity index is 2.19. The van der Waals surface area contributed by atoms with Gasteiger partial charge in [0.1, 0.15) is 0 Å². The summed E-state index contributed by atoms with van der Waals surface area (Å²) in [6.07, 6.45) is 0. The number of aliphatic hydroxyl groups is 1. The van der Waals surface area contributed by atoms with Crippen molar-refractivity contribution in [1.29, 1.82) is 0 Å². The summed E-state index contributed by atoms with van der Waals surface area (Å²) < 4.78 is 0.789. The molecule has 2 N–H and O–H groups in total. The molecule has 0 radical (unpaired) electrons. The maximum Gasteiger partial charge on any atom is 0.0931 e. The molecule has 2 aromatic heterocycles. The third-order valence-corrected chi connectivity index (χ3v) is 4.68. The molecule has 0 aliphatic rings. The van der Waals surface area contributed by atoms with Gasteiger partial charge in [0.25, 0.3) is 0 Å². The van der Waals surface area contributed by atoms with E-state index >= 15 is 0 Å². The number of hydrogen-bond acceptors (Lipinski definition) is 4. The van der Waals surface area contributed by atoms with Gasteiger partial charge < -0.3 is 10.4 Å². The van der Waals surface area contributed by atoms with Gasteiger partial charge in [-0.1, -0.05) is 17.7 Å². The lowest BCUT2D eigenvalue weighted by Crippen LogP contribution is -2.36. The zero-order valence-electron chi connectivity index (χ0n) is 10.3. The van der Waals surface area contributed by atoms with Crippen LogP contribution in [-0.2, 0) is 0 Å². The number of nitrogens with one attached hydrogen (secondary N) is 1. The van der Waals surface area contributed by atoms with Crippen LogP contribution in [0.15, 0.2) is 29.6 Å². The van der Waals surface area contributed by atoms with Crippen LogP contribution in [-0.4, -0.2) is 17.3 Å². The number of thiophene rings is 2. The van der Waals surface area contributed by atoms with Crippen molar-refractivity contribution in [2.24, 2.45) is 0 Å². The van der Waals surface area contributed by atoms with Crippen molar-refractivity contribution < 1.29 is 5.11 Å². The predicted molar refractivity (Wildman–Crippen MR) is 79.8 cm³/mol. The Hall–Kier alpha value is -0.390. The standard InChI is InChI=1S/C13H16ClNOS2/c1-13(2,16)8-15-12(9-4-3-7-17-9)10-5-6-11(14)18-10/h3-7,12,15-16H,8H2,1-2H3. The average molecular weight is 302 g/mol. The second-order valence-electron chi connectivity index (χ2n) is 4.78. The molecule has 0 aliphatic heterocycles. The van der Waals surface area contributed by atoms with E-state index in [0.29, 0.717) is 6.54 Å². The predicted octanol–water partition coefficient (Wildman–Crippen LogP) is 3.91. The third kappa shape index (κ3) is 3.80. The maximum absolute atomic E-state index is 9.83. The summed E-state index contributed by atoms with van der Waals surface area (Å²) in [4.78, 5) is 2.41. The molecule has 0 saturated carbocycles. The number of rotatable bonds is 5. The second kappa shape index (κ2) is 5.72. The lowest BCUT2D eigenvalue weighted by atomic mass is 10.1. The van der Waals surface area contributed by atoms with Crippen LogP contribution in [0.25, 0.3) is 0 Å². The molecule has 2 heterocycles. The van der Waals surface area contributed by atoms with E-state index in [1.165, 1.54) is 9.75 Å². The summed E-state index contributed by atoms with van der Waals surface area (Å²) in [5.41, 5.74) is -0.726. The first kappa shape index (κ1) is 14.0. The van der Waals surface area contributed by atoms with Crippen molar-refractivity contribution in [1.82, 2.24) is 5.32 Å². The third-order valence-electron chi connectivity index (χ3n) is 2.45. The van der Waals surface area contributed by atoms with Crippen LogP contribution in [0, 0.1) is 0 Å². The summed E-state index contributed by atoms with van der Waals surface area (Å²) in [5.74, 6) is 0. The second-order valence-corrected chi connectivity index (χ2v) is 7.51. The van der Waals surface area contributed by atoms with E-state index in [0.717, 1.165) is 4.34 Å². The lowest BCUT2D eigenvalue weighted by molar-refractivity contribution is 0.0780. The first-order chi connectivity index (χ1) is 8.46. The normalized spacial score (nSPS) is 13.8. The molecule has 0 amide bonds. The minimum absolute atomic E-state index is 0.105. The Morgan fingerprint density at radius 1 is 1.33 bits per heavy atom. The van der Waals surface area contributed by atoms with Gasteiger partial charge in [-0.2, -0.15) is 0 Å². The largest absolute Gasteiger partial charge is 0.389 e. The minimum atomic E-state index is -0.726. The topological polar surface area (TPSA) is 32.3 Å². The van der Waals surface area contributed by atoms with Crippen molar-refractivity contribution >= 4 is 34.3 Å². The molecule has 0 spiro atoms. The fraction of sp³-hybridized carbons (Fsp3) is 0.385. The van der Waals surface area contributed by atoms with E-state index in [9.17, 15) is 5.11 Å². The summed E-state index contributed by atoms with van der Waals surface area (Å²) in [6.45, 7) is 4.13. The molecule has 0 bridgehead atoms. The van der Waals surface area contributed by atoms with Gasteiger partial charge in [0.2, 0.25) is 0 Å². The highest BCUT2D eigenvalue weighted by Crippen LogP contribution is 2.33. The highest BCUT2D eigenvalue weighted by molar-refractivity contribution is 7.16. The van der Waals surface area contributed by atoms with Gasteiger partial charge >= 0.3 is 0 Å². The highest BCUT2D eigenvalue weighted by atomic mass is 35.5. The summed E-state index contributed by atoms with van der Waals surface area (Å²) in [7, 11) is 0. The van der Waals surface area contributed by atoms with Gasteiger partial charge in [-0.3, -0.25) is 0 Å². The molecule has 5 heteroatoms. The molecule has 0 saturated heterocycles. The Bertz CT molecular complexity index is 487. The van der Waals surface area contributed by atoms with E-state index < -0.39 is 5.60 Å². The van der Waals surface area contributed by atoms with Crippen molar-refractivity contribution in [2.45, 2.75) is 25.5 Å². The van der Waals surface area contributed by atoms with Crippen LogP contribution in [0.1, 0.15) is 29.6 Å². The van der Waals surface area contributed by atoms with Gasteiger partial charge in [0.05, 0.1) is 16.0 Å². The van der Waals surface area contributed by atoms with Crippen molar-refractivity contribution in [3.8, 4) is 0 Å². The van der Waals surface area contributed by atoms with Crippen LogP contribution in [0.2, 0.25) is 4.34 Å². The van der Waals surface area contributed by atoms with E-state index in [2.05, 4.69) is 16.8 Å². The van der Waals surface area contributed by atoms with Crippen molar-refractivity contribution in [3.05, 3.63) is 43.7 Å². The quantitative estimate of drug-likeness (QED) is 0.877. The summed E-state index contributed by atoms with van der Waals surface area (Å²) >= 11 is 9.28. The molecule has 2 aromatic rings. The Labute approximate surface area is 120 Å². The van der Waals surface area contributed by atoms with Crippen LogP contribution >= 0.6 is 34.3 Å². The molecular formula is C13H16ClNOS2. The molecule has 0 fully saturated rings. The SMILES string of the molecule is CC(C)(O)CNC(c1cccs1)c1ccc(Cl)s1. The Morgan fingerprint density at radius 2 is 2.11 bits per heavy atom. The molecule has 2 nitrogen and oxygen atoms in total.